The molecule has 1 atom stereocenters. The third kappa shape index (κ3) is 2.56. The van der Waals surface area contributed by atoms with Crippen LogP contribution in [0.2, 0.25) is 0 Å². The quantitative estimate of drug-likeness (QED) is 0.882. The monoisotopic (exact) mass is 311 g/mol. The maximum atomic E-state index is 9.36. The molecular formula is C14H18BrNO2. The van der Waals surface area contributed by atoms with Crippen molar-refractivity contribution in [1.82, 2.24) is 5.32 Å². The van der Waals surface area contributed by atoms with E-state index >= 15 is 0 Å². The summed E-state index contributed by atoms with van der Waals surface area (Å²) in [7, 11) is 0. The predicted molar refractivity (Wildman–Crippen MR) is 73.8 cm³/mol. The smallest absolute Gasteiger partial charge is 0.125 e. The second kappa shape index (κ2) is 5.19. The molecule has 4 heteroatoms. The van der Waals surface area contributed by atoms with Crippen LogP contribution in [0.5, 0.6) is 5.75 Å². The van der Waals surface area contributed by atoms with Crippen LogP contribution in [0.25, 0.3) is 0 Å². The van der Waals surface area contributed by atoms with E-state index in [-0.39, 0.29) is 6.10 Å². The van der Waals surface area contributed by atoms with E-state index < -0.39 is 0 Å². The van der Waals surface area contributed by atoms with Gasteiger partial charge in [0, 0.05) is 22.1 Å². The van der Waals surface area contributed by atoms with Crippen LogP contribution in [-0.4, -0.2) is 23.9 Å². The number of hydrogen-bond donors (Lipinski definition) is 2. The summed E-state index contributed by atoms with van der Waals surface area (Å²) in [5, 5.41) is 13.0. The van der Waals surface area contributed by atoms with E-state index in [0.717, 1.165) is 42.5 Å². The van der Waals surface area contributed by atoms with Gasteiger partial charge in [0.2, 0.25) is 0 Å². The SMILES string of the molecule is OC1CC(NC2CCCOc3cc(Br)ccc32)C1. The van der Waals surface area contributed by atoms with Crippen LogP contribution in [0, 0.1) is 0 Å². The van der Waals surface area contributed by atoms with Crippen molar-refractivity contribution >= 4 is 15.9 Å². The van der Waals surface area contributed by atoms with Crippen LogP contribution in [0.15, 0.2) is 22.7 Å². The number of benzene rings is 1. The Morgan fingerprint density at radius 3 is 2.94 bits per heavy atom. The molecule has 98 valence electrons. The van der Waals surface area contributed by atoms with Crippen LogP contribution >= 0.6 is 15.9 Å². The molecule has 0 saturated heterocycles. The minimum Gasteiger partial charge on any atom is -0.493 e. The third-order valence-corrected chi connectivity index (χ3v) is 4.29. The average molecular weight is 312 g/mol. The summed E-state index contributed by atoms with van der Waals surface area (Å²) in [5.74, 6) is 0.985. The van der Waals surface area contributed by atoms with E-state index in [9.17, 15) is 5.11 Å². The largest absolute Gasteiger partial charge is 0.493 e. The third-order valence-electron chi connectivity index (χ3n) is 3.80. The Hall–Kier alpha value is -0.580. The van der Waals surface area contributed by atoms with Gasteiger partial charge in [-0.1, -0.05) is 22.0 Å². The zero-order valence-electron chi connectivity index (χ0n) is 10.2. The molecule has 3 nitrogen and oxygen atoms in total. The summed E-state index contributed by atoms with van der Waals surface area (Å²) in [6.45, 7) is 0.787. The van der Waals surface area contributed by atoms with Crippen molar-refractivity contribution in [2.24, 2.45) is 0 Å². The van der Waals surface area contributed by atoms with Gasteiger partial charge in [0.25, 0.3) is 0 Å². The number of aliphatic hydroxyl groups is 1. The lowest BCUT2D eigenvalue weighted by molar-refractivity contribution is 0.0571. The van der Waals surface area contributed by atoms with E-state index in [2.05, 4.69) is 33.4 Å². The van der Waals surface area contributed by atoms with Crippen LogP contribution < -0.4 is 10.1 Å². The molecule has 1 unspecified atom stereocenters. The first-order valence-electron chi connectivity index (χ1n) is 6.59. The van der Waals surface area contributed by atoms with Gasteiger partial charge in [-0.25, -0.2) is 0 Å². The van der Waals surface area contributed by atoms with Crippen LogP contribution in [-0.2, 0) is 0 Å². The molecule has 1 heterocycles. The second-order valence-electron chi connectivity index (χ2n) is 5.21. The standard InChI is InChI=1S/C14H18BrNO2/c15-9-3-4-12-13(16-10-7-11(17)8-10)2-1-5-18-14(12)6-9/h3-4,6,10-11,13,16-17H,1-2,5,7-8H2. The summed E-state index contributed by atoms with van der Waals surface area (Å²) < 4.78 is 6.85. The van der Waals surface area contributed by atoms with Crippen molar-refractivity contribution in [2.75, 3.05) is 6.61 Å². The van der Waals surface area contributed by atoms with Crippen LogP contribution in [0.1, 0.15) is 37.3 Å². The summed E-state index contributed by atoms with van der Waals surface area (Å²) in [4.78, 5) is 0. The van der Waals surface area contributed by atoms with E-state index in [0.29, 0.717) is 12.1 Å². The Kier molecular flexibility index (Phi) is 3.59. The predicted octanol–water partition coefficient (Wildman–Crippen LogP) is 2.78. The minimum atomic E-state index is -0.103. The molecule has 1 aromatic rings. The summed E-state index contributed by atoms with van der Waals surface area (Å²) in [5.41, 5.74) is 1.25. The number of nitrogens with one attached hydrogen (secondary N) is 1. The Morgan fingerprint density at radius 1 is 1.33 bits per heavy atom. The van der Waals surface area contributed by atoms with Crippen LogP contribution in [0.4, 0.5) is 0 Å². The molecule has 1 aliphatic heterocycles. The average Bonchev–Trinajstić information content (AvgIpc) is 2.49. The zero-order valence-corrected chi connectivity index (χ0v) is 11.8. The Morgan fingerprint density at radius 2 is 2.17 bits per heavy atom. The maximum Gasteiger partial charge on any atom is 0.125 e. The highest BCUT2D eigenvalue weighted by Crippen LogP contribution is 2.35. The fourth-order valence-corrected chi connectivity index (χ4v) is 3.07. The lowest BCUT2D eigenvalue weighted by Crippen LogP contribution is -2.45. The van der Waals surface area contributed by atoms with Crippen LogP contribution in [0.3, 0.4) is 0 Å². The zero-order chi connectivity index (χ0) is 12.5. The molecule has 1 fully saturated rings. The molecule has 18 heavy (non-hydrogen) atoms. The van der Waals surface area contributed by atoms with Gasteiger partial charge < -0.3 is 15.2 Å². The topological polar surface area (TPSA) is 41.5 Å². The summed E-state index contributed by atoms with van der Waals surface area (Å²) in [6, 6.07) is 7.06. The van der Waals surface area contributed by atoms with E-state index in [1.165, 1.54) is 5.56 Å². The Bertz CT molecular complexity index is 432. The number of hydrogen-bond acceptors (Lipinski definition) is 3. The van der Waals surface area contributed by atoms with Gasteiger partial charge in [-0.05, 0) is 37.8 Å². The molecule has 0 aromatic heterocycles. The van der Waals surface area contributed by atoms with Gasteiger partial charge in [0.05, 0.1) is 12.7 Å². The molecule has 2 N–H and O–H groups in total. The first kappa shape index (κ1) is 12.5. The summed E-state index contributed by atoms with van der Waals surface area (Å²) in [6.07, 6.45) is 3.82. The van der Waals surface area contributed by atoms with Crippen molar-refractivity contribution in [3.63, 3.8) is 0 Å². The molecule has 2 aliphatic rings. The number of rotatable bonds is 2. The Balaban J connectivity index is 1.78. The second-order valence-corrected chi connectivity index (χ2v) is 6.13. The lowest BCUT2D eigenvalue weighted by atomic mass is 9.87. The normalized spacial score (nSPS) is 30.9. The highest BCUT2D eigenvalue weighted by atomic mass is 79.9. The molecule has 1 saturated carbocycles. The number of ether oxygens (including phenoxy) is 1. The number of halogens is 1. The number of fused-ring (bicyclic) bond motifs is 1. The molecule has 3 rings (SSSR count). The molecule has 1 aromatic carbocycles. The highest BCUT2D eigenvalue weighted by Gasteiger charge is 2.30. The molecule has 0 bridgehead atoms. The highest BCUT2D eigenvalue weighted by molar-refractivity contribution is 9.10. The Labute approximate surface area is 116 Å². The van der Waals surface area contributed by atoms with Gasteiger partial charge in [-0.15, -0.1) is 0 Å². The van der Waals surface area contributed by atoms with E-state index in [4.69, 9.17) is 4.74 Å². The maximum absolute atomic E-state index is 9.36. The molecular weight excluding hydrogens is 294 g/mol. The van der Waals surface area contributed by atoms with Gasteiger partial charge in [0.15, 0.2) is 0 Å². The van der Waals surface area contributed by atoms with Crippen molar-refractivity contribution in [3.8, 4) is 5.75 Å². The van der Waals surface area contributed by atoms with Crippen molar-refractivity contribution in [3.05, 3.63) is 28.2 Å². The van der Waals surface area contributed by atoms with Crippen molar-refractivity contribution < 1.29 is 9.84 Å². The molecule has 0 spiro atoms. The van der Waals surface area contributed by atoms with Crippen molar-refractivity contribution in [1.29, 1.82) is 0 Å². The first-order valence-corrected chi connectivity index (χ1v) is 7.38. The number of aliphatic hydroxyl groups excluding tert-OH is 1. The fourth-order valence-electron chi connectivity index (χ4n) is 2.73. The van der Waals surface area contributed by atoms with Gasteiger partial charge in [-0.3, -0.25) is 0 Å². The van der Waals surface area contributed by atoms with Gasteiger partial charge in [0.1, 0.15) is 5.75 Å². The van der Waals surface area contributed by atoms with Crippen molar-refractivity contribution in [2.45, 2.75) is 43.9 Å². The van der Waals surface area contributed by atoms with E-state index in [1.54, 1.807) is 0 Å². The summed E-state index contributed by atoms with van der Waals surface area (Å²) >= 11 is 3.49. The molecule has 1 aliphatic carbocycles. The fraction of sp³-hybridized carbons (Fsp3) is 0.571. The molecule has 0 amide bonds. The first-order chi connectivity index (χ1) is 8.72. The van der Waals surface area contributed by atoms with Gasteiger partial charge >= 0.3 is 0 Å². The molecule has 0 radical (unpaired) electrons. The minimum absolute atomic E-state index is 0.103. The lowest BCUT2D eigenvalue weighted by Gasteiger charge is -2.35. The van der Waals surface area contributed by atoms with Gasteiger partial charge in [-0.2, -0.15) is 0 Å². The van der Waals surface area contributed by atoms with E-state index in [1.807, 2.05) is 6.07 Å².